The zero-order valence-electron chi connectivity index (χ0n) is 16.1. The molecular weight excluding hydrogens is 422 g/mol. The Hall–Kier alpha value is -2.82. The van der Waals surface area contributed by atoms with Crippen molar-refractivity contribution >= 4 is 33.2 Å². The number of nitrogens with zero attached hydrogens (tertiary/aromatic N) is 3. The van der Waals surface area contributed by atoms with Crippen molar-refractivity contribution in [1.82, 2.24) is 19.6 Å². The van der Waals surface area contributed by atoms with E-state index in [0.717, 1.165) is 5.56 Å². The first-order chi connectivity index (χ1) is 14.5. The zero-order valence-corrected chi connectivity index (χ0v) is 17.7. The highest BCUT2D eigenvalue weighted by molar-refractivity contribution is 7.89. The van der Waals surface area contributed by atoms with Gasteiger partial charge in [-0.15, -0.1) is 11.3 Å². The molecule has 0 unspecified atom stereocenters. The van der Waals surface area contributed by atoms with E-state index in [-0.39, 0.29) is 10.8 Å². The first-order valence-corrected chi connectivity index (χ1v) is 11.8. The van der Waals surface area contributed by atoms with Crippen molar-refractivity contribution in [3.05, 3.63) is 70.2 Å². The Kier molecular flexibility index (Phi) is 6.07. The second-order valence-corrected chi connectivity index (χ2v) is 9.68. The van der Waals surface area contributed by atoms with E-state index in [4.69, 9.17) is 0 Å². The van der Waals surface area contributed by atoms with Gasteiger partial charge in [0.15, 0.2) is 0 Å². The molecular formula is C20H21N5O3S2. The number of carbonyl (C=O) groups excluding carboxylic acids is 1. The number of benzene rings is 1. The van der Waals surface area contributed by atoms with E-state index >= 15 is 0 Å². The number of aromatic nitrogens is 2. The third-order valence-electron chi connectivity index (χ3n) is 4.77. The number of hydrogen-bond acceptors (Lipinski definition) is 7. The van der Waals surface area contributed by atoms with Crippen LogP contribution in [-0.4, -0.2) is 48.2 Å². The minimum absolute atomic E-state index is 0.129. The Morgan fingerprint density at radius 3 is 2.80 bits per heavy atom. The van der Waals surface area contributed by atoms with Gasteiger partial charge in [0.05, 0.1) is 4.90 Å². The summed E-state index contributed by atoms with van der Waals surface area (Å²) in [6, 6.07) is 9.86. The average molecular weight is 444 g/mol. The van der Waals surface area contributed by atoms with Crippen LogP contribution in [0.1, 0.15) is 20.8 Å². The van der Waals surface area contributed by atoms with Gasteiger partial charge in [-0.1, -0.05) is 6.07 Å². The van der Waals surface area contributed by atoms with Crippen LogP contribution in [0.4, 0.5) is 5.95 Å². The van der Waals surface area contributed by atoms with Crippen molar-refractivity contribution in [1.29, 1.82) is 0 Å². The summed E-state index contributed by atoms with van der Waals surface area (Å²) in [6.45, 7) is 1.61. The molecule has 0 saturated carbocycles. The fourth-order valence-electron chi connectivity index (χ4n) is 3.22. The Balaban J connectivity index is 1.38. The molecule has 1 aliphatic heterocycles. The van der Waals surface area contributed by atoms with Crippen LogP contribution in [0.25, 0.3) is 0 Å². The van der Waals surface area contributed by atoms with Crippen LogP contribution in [0, 0.1) is 0 Å². The number of amides is 1. The van der Waals surface area contributed by atoms with Gasteiger partial charge < -0.3 is 10.6 Å². The number of fused-ring (bicyclic) bond motifs is 1. The summed E-state index contributed by atoms with van der Waals surface area (Å²) in [7, 11) is -3.67. The fourth-order valence-corrected chi connectivity index (χ4v) is 5.57. The smallest absolute Gasteiger partial charge is 0.251 e. The quantitative estimate of drug-likeness (QED) is 0.542. The molecule has 0 atom stereocenters. The second-order valence-electron chi connectivity index (χ2n) is 6.74. The number of hydrogen-bond donors (Lipinski definition) is 2. The minimum atomic E-state index is -3.67. The second kappa shape index (κ2) is 8.90. The molecule has 1 amide bonds. The van der Waals surface area contributed by atoms with Crippen molar-refractivity contribution in [3.8, 4) is 0 Å². The molecule has 3 aromatic rings. The van der Waals surface area contributed by atoms with Crippen molar-refractivity contribution in [2.75, 3.05) is 25.0 Å². The lowest BCUT2D eigenvalue weighted by molar-refractivity contribution is 0.0955. The van der Waals surface area contributed by atoms with Crippen LogP contribution in [0.5, 0.6) is 0 Å². The summed E-state index contributed by atoms with van der Waals surface area (Å²) >= 11 is 1.66. The molecule has 0 spiro atoms. The lowest BCUT2D eigenvalue weighted by Gasteiger charge is -2.26. The van der Waals surface area contributed by atoms with Gasteiger partial charge in [0.1, 0.15) is 0 Å². The molecule has 156 valence electrons. The normalized spacial score (nSPS) is 14.1. The molecule has 0 bridgehead atoms. The monoisotopic (exact) mass is 443 g/mol. The lowest BCUT2D eigenvalue weighted by atomic mass is 10.1. The maximum atomic E-state index is 13.1. The maximum absolute atomic E-state index is 13.1. The van der Waals surface area contributed by atoms with E-state index in [1.54, 1.807) is 41.9 Å². The summed E-state index contributed by atoms with van der Waals surface area (Å²) in [5, 5.41) is 7.76. The molecule has 2 N–H and O–H groups in total. The number of anilines is 1. The predicted molar refractivity (Wildman–Crippen MR) is 115 cm³/mol. The number of nitrogens with one attached hydrogen (secondary N) is 2. The lowest BCUT2D eigenvalue weighted by Crippen LogP contribution is -2.35. The summed E-state index contributed by atoms with van der Waals surface area (Å²) in [4.78, 5) is 21.9. The molecule has 10 heteroatoms. The highest BCUT2D eigenvalue weighted by Crippen LogP contribution is 2.28. The summed E-state index contributed by atoms with van der Waals surface area (Å²) in [5.74, 6) is 0.150. The molecule has 1 aliphatic rings. The number of thiophene rings is 1. The third kappa shape index (κ3) is 4.50. The predicted octanol–water partition coefficient (Wildman–Crippen LogP) is 2.13. The number of carbonyl (C=O) groups is 1. The Morgan fingerprint density at radius 2 is 1.97 bits per heavy atom. The summed E-state index contributed by atoms with van der Waals surface area (Å²) in [6.07, 6.45) is 3.97. The molecule has 0 saturated heterocycles. The fraction of sp³-hybridized carbons (Fsp3) is 0.250. The average Bonchev–Trinajstić information content (AvgIpc) is 3.25. The van der Waals surface area contributed by atoms with Crippen LogP contribution in [0.2, 0.25) is 0 Å². The van der Waals surface area contributed by atoms with Gasteiger partial charge in [0.25, 0.3) is 5.91 Å². The first-order valence-electron chi connectivity index (χ1n) is 9.48. The van der Waals surface area contributed by atoms with Crippen LogP contribution < -0.4 is 10.6 Å². The van der Waals surface area contributed by atoms with E-state index in [1.807, 2.05) is 11.4 Å². The van der Waals surface area contributed by atoms with Crippen LogP contribution in [0.3, 0.4) is 0 Å². The van der Waals surface area contributed by atoms with Crippen LogP contribution >= 0.6 is 11.3 Å². The molecule has 2 aromatic heterocycles. The van der Waals surface area contributed by atoms with Gasteiger partial charge in [-0.2, -0.15) is 4.31 Å². The topological polar surface area (TPSA) is 104 Å². The Labute approximate surface area is 179 Å². The van der Waals surface area contributed by atoms with Gasteiger partial charge in [-0.05, 0) is 47.7 Å². The Morgan fingerprint density at radius 1 is 1.13 bits per heavy atom. The Bertz CT molecular complexity index is 1130. The highest BCUT2D eigenvalue weighted by atomic mass is 32.2. The standard InChI is InChI=1S/C20H21N5O3S2/c26-19(21-9-10-24-20-22-7-2-8-23-20)15-3-1-4-17(13-15)30(27,28)25-11-5-18-16(14-25)6-12-29-18/h1-4,6-8,12-13H,5,9-11,14H2,(H,21,26)(H,22,23,24). The molecule has 4 rings (SSSR count). The molecule has 30 heavy (non-hydrogen) atoms. The van der Waals surface area contributed by atoms with Gasteiger partial charge in [-0.25, -0.2) is 18.4 Å². The van der Waals surface area contributed by atoms with Crippen molar-refractivity contribution in [2.24, 2.45) is 0 Å². The van der Waals surface area contributed by atoms with E-state index in [1.165, 1.54) is 21.3 Å². The maximum Gasteiger partial charge on any atom is 0.251 e. The SMILES string of the molecule is O=C(NCCNc1ncccn1)c1cccc(S(=O)(=O)N2CCc3sccc3C2)c1. The van der Waals surface area contributed by atoms with Gasteiger partial charge >= 0.3 is 0 Å². The molecule has 0 radical (unpaired) electrons. The van der Waals surface area contributed by atoms with Crippen LogP contribution in [0.15, 0.2) is 59.1 Å². The van der Waals surface area contributed by atoms with Crippen molar-refractivity contribution in [2.45, 2.75) is 17.9 Å². The third-order valence-corrected chi connectivity index (χ3v) is 7.63. The molecule has 1 aromatic carbocycles. The van der Waals surface area contributed by atoms with E-state index < -0.39 is 10.0 Å². The largest absolute Gasteiger partial charge is 0.352 e. The number of rotatable bonds is 7. The summed E-state index contributed by atoms with van der Waals surface area (Å²) < 4.78 is 27.6. The zero-order chi connectivity index (χ0) is 21.0. The molecule has 3 heterocycles. The van der Waals surface area contributed by atoms with Gasteiger partial charge in [0, 0.05) is 49.0 Å². The minimum Gasteiger partial charge on any atom is -0.352 e. The van der Waals surface area contributed by atoms with Crippen molar-refractivity contribution in [3.63, 3.8) is 0 Å². The van der Waals surface area contributed by atoms with E-state index in [2.05, 4.69) is 20.6 Å². The van der Waals surface area contributed by atoms with Gasteiger partial charge in [0.2, 0.25) is 16.0 Å². The summed E-state index contributed by atoms with van der Waals surface area (Å²) in [5.41, 5.74) is 1.36. The van der Waals surface area contributed by atoms with E-state index in [9.17, 15) is 13.2 Å². The van der Waals surface area contributed by atoms with Crippen LogP contribution in [-0.2, 0) is 23.0 Å². The van der Waals surface area contributed by atoms with Gasteiger partial charge in [-0.3, -0.25) is 4.79 Å². The highest BCUT2D eigenvalue weighted by Gasteiger charge is 2.29. The molecule has 0 fully saturated rings. The first kappa shape index (κ1) is 20.5. The molecule has 0 aliphatic carbocycles. The number of sulfonamides is 1. The van der Waals surface area contributed by atoms with E-state index in [0.29, 0.717) is 44.1 Å². The molecule has 8 nitrogen and oxygen atoms in total. The van der Waals surface area contributed by atoms with Crippen molar-refractivity contribution < 1.29 is 13.2 Å².